The van der Waals surface area contributed by atoms with Gasteiger partial charge in [-0.3, -0.25) is 9.59 Å². The lowest BCUT2D eigenvalue weighted by atomic mass is 10.1. The summed E-state index contributed by atoms with van der Waals surface area (Å²) in [5.41, 5.74) is 0.932. The minimum absolute atomic E-state index is 0.0561. The van der Waals surface area contributed by atoms with E-state index in [1.165, 1.54) is 24.6 Å². The summed E-state index contributed by atoms with van der Waals surface area (Å²) in [6, 6.07) is 9.97. The minimum Gasteiger partial charge on any atom is -0.494 e. The summed E-state index contributed by atoms with van der Waals surface area (Å²) in [6.07, 6.45) is 8.38. The maximum Gasteiger partial charge on any atom is 0.306 e. The third-order valence-electron chi connectivity index (χ3n) is 4.82. The molecule has 0 bridgehead atoms. The largest absolute Gasteiger partial charge is 0.494 e. The van der Waals surface area contributed by atoms with Crippen molar-refractivity contribution in [2.24, 2.45) is 0 Å². The monoisotopic (exact) mass is 493 g/mol. The molecule has 0 aliphatic carbocycles. The molecule has 0 aliphatic rings. The standard InChI is InChI=1S/C25H35NO5S2/c1-25(2,19-26)33-24(32)20-11-13-21(14-12-20)30-17-9-7-5-3-4-6-8-10-18-31-23(29)16-15-22(27)28/h11-14H,3-10,15-18H2,1-2H3,(H,27,28). The maximum absolute atomic E-state index is 11.3. The molecule has 33 heavy (non-hydrogen) atoms. The fourth-order valence-electron chi connectivity index (χ4n) is 2.92. The minimum atomic E-state index is -0.981. The Labute approximate surface area is 207 Å². The lowest BCUT2D eigenvalue weighted by Crippen LogP contribution is -2.14. The van der Waals surface area contributed by atoms with Gasteiger partial charge in [0.2, 0.25) is 0 Å². The topological polar surface area (TPSA) is 96.6 Å². The molecule has 0 radical (unpaired) electrons. The van der Waals surface area contributed by atoms with E-state index >= 15 is 0 Å². The highest BCUT2D eigenvalue weighted by Crippen LogP contribution is 2.28. The summed E-state index contributed by atoms with van der Waals surface area (Å²) in [4.78, 5) is 21.7. The van der Waals surface area contributed by atoms with Crippen molar-refractivity contribution in [3.63, 3.8) is 0 Å². The number of carboxylic acid groups (broad SMARTS) is 1. The van der Waals surface area contributed by atoms with Crippen LogP contribution in [0, 0.1) is 11.3 Å². The van der Waals surface area contributed by atoms with Crippen molar-refractivity contribution in [2.75, 3.05) is 13.2 Å². The summed E-state index contributed by atoms with van der Waals surface area (Å²) in [5, 5.41) is 17.6. The Balaban J connectivity index is 2.00. The molecule has 1 rings (SSSR count). The molecule has 0 aromatic heterocycles. The number of rotatable bonds is 17. The van der Waals surface area contributed by atoms with E-state index in [1.807, 2.05) is 38.1 Å². The van der Waals surface area contributed by atoms with Crippen LogP contribution in [0.2, 0.25) is 0 Å². The number of ether oxygens (including phenoxy) is 2. The van der Waals surface area contributed by atoms with E-state index in [1.54, 1.807) is 0 Å². The number of hydrogen-bond acceptors (Lipinski definition) is 7. The summed E-state index contributed by atoms with van der Waals surface area (Å²) in [5.74, 6) is -0.586. The lowest BCUT2D eigenvalue weighted by molar-refractivity contribution is -0.147. The normalized spacial score (nSPS) is 10.9. The Morgan fingerprint density at radius 3 is 2.06 bits per heavy atom. The molecule has 0 saturated carbocycles. The molecule has 0 amide bonds. The van der Waals surface area contributed by atoms with Gasteiger partial charge in [0, 0.05) is 0 Å². The van der Waals surface area contributed by atoms with E-state index < -0.39 is 16.7 Å². The number of hydrogen-bond donors (Lipinski definition) is 1. The number of nitrogens with zero attached hydrogens (tertiary/aromatic N) is 1. The van der Waals surface area contributed by atoms with Crippen LogP contribution in [-0.4, -0.2) is 39.2 Å². The molecule has 1 aromatic carbocycles. The number of unbranched alkanes of at least 4 members (excludes halogenated alkanes) is 7. The van der Waals surface area contributed by atoms with Gasteiger partial charge in [-0.05, 0) is 56.5 Å². The Morgan fingerprint density at radius 2 is 1.52 bits per heavy atom. The highest BCUT2D eigenvalue weighted by atomic mass is 32.2. The van der Waals surface area contributed by atoms with Crippen LogP contribution in [0.3, 0.4) is 0 Å². The molecular formula is C25H35NO5S2. The molecule has 0 aliphatic heterocycles. The van der Waals surface area contributed by atoms with Gasteiger partial charge in [-0.2, -0.15) is 5.26 Å². The molecule has 0 fully saturated rings. The molecule has 0 heterocycles. The number of benzene rings is 1. The molecule has 1 aromatic rings. The van der Waals surface area contributed by atoms with E-state index in [9.17, 15) is 9.59 Å². The molecule has 1 N–H and O–H groups in total. The zero-order chi connectivity index (χ0) is 24.5. The fraction of sp³-hybridized carbons (Fsp3) is 0.600. The summed E-state index contributed by atoms with van der Waals surface area (Å²) >= 11 is 6.82. The second-order valence-corrected chi connectivity index (χ2v) is 10.6. The third kappa shape index (κ3) is 14.6. The van der Waals surface area contributed by atoms with Crippen molar-refractivity contribution in [1.82, 2.24) is 0 Å². The predicted molar refractivity (Wildman–Crippen MR) is 136 cm³/mol. The molecular weight excluding hydrogens is 458 g/mol. The Hall–Kier alpha value is -2.11. The van der Waals surface area contributed by atoms with E-state index in [2.05, 4.69) is 6.07 Å². The summed E-state index contributed by atoms with van der Waals surface area (Å²) in [6.45, 7) is 4.77. The number of carbonyl (C=O) groups is 2. The summed E-state index contributed by atoms with van der Waals surface area (Å²) in [7, 11) is 0. The Bertz CT molecular complexity index is 787. The smallest absolute Gasteiger partial charge is 0.306 e. The molecule has 182 valence electrons. The number of carboxylic acids is 1. The van der Waals surface area contributed by atoms with Crippen molar-refractivity contribution in [2.45, 2.75) is 82.8 Å². The van der Waals surface area contributed by atoms with Gasteiger partial charge in [-0.25, -0.2) is 0 Å². The molecule has 0 spiro atoms. The molecule has 0 unspecified atom stereocenters. The van der Waals surface area contributed by atoms with Gasteiger partial charge < -0.3 is 14.6 Å². The highest BCUT2D eigenvalue weighted by molar-refractivity contribution is 8.24. The van der Waals surface area contributed by atoms with Gasteiger partial charge in [0.15, 0.2) is 0 Å². The first-order valence-corrected chi connectivity index (χ1v) is 12.7. The second-order valence-electron chi connectivity index (χ2n) is 8.33. The first-order chi connectivity index (χ1) is 15.7. The van der Waals surface area contributed by atoms with Crippen molar-refractivity contribution in [1.29, 1.82) is 5.26 Å². The quantitative estimate of drug-likeness (QED) is 0.153. The van der Waals surface area contributed by atoms with Crippen LogP contribution in [-0.2, 0) is 14.3 Å². The number of nitriles is 1. The zero-order valence-corrected chi connectivity index (χ0v) is 21.3. The van der Waals surface area contributed by atoms with Crippen LogP contribution < -0.4 is 4.74 Å². The van der Waals surface area contributed by atoms with Crippen LogP contribution in [0.25, 0.3) is 0 Å². The van der Waals surface area contributed by atoms with E-state index in [0.29, 0.717) is 17.4 Å². The SMILES string of the molecule is CC(C)(C#N)SC(=S)c1ccc(OCCCCCCCCCCOC(=O)CCC(=O)O)cc1. The van der Waals surface area contributed by atoms with Crippen LogP contribution in [0.15, 0.2) is 24.3 Å². The molecule has 0 saturated heterocycles. The summed E-state index contributed by atoms with van der Waals surface area (Å²) < 4.78 is 11.0. The predicted octanol–water partition coefficient (Wildman–Crippen LogP) is 6.31. The van der Waals surface area contributed by atoms with E-state index in [4.69, 9.17) is 32.1 Å². The van der Waals surface area contributed by atoms with Crippen molar-refractivity contribution < 1.29 is 24.2 Å². The van der Waals surface area contributed by atoms with Crippen molar-refractivity contribution in [3.05, 3.63) is 29.8 Å². The number of thioether (sulfide) groups is 1. The average Bonchev–Trinajstić information content (AvgIpc) is 2.78. The Kier molecular flexibility index (Phi) is 14.5. The second kappa shape index (κ2) is 16.5. The number of aliphatic carboxylic acids is 1. The Morgan fingerprint density at radius 1 is 0.970 bits per heavy atom. The van der Waals surface area contributed by atoms with Gasteiger partial charge in [-0.15, -0.1) is 0 Å². The highest BCUT2D eigenvalue weighted by Gasteiger charge is 2.20. The van der Waals surface area contributed by atoms with Crippen molar-refractivity contribution >= 4 is 40.1 Å². The van der Waals surface area contributed by atoms with E-state index in [0.717, 1.165) is 49.8 Å². The first-order valence-electron chi connectivity index (χ1n) is 11.5. The van der Waals surface area contributed by atoms with Gasteiger partial charge >= 0.3 is 11.9 Å². The fourth-order valence-corrected chi connectivity index (χ4v) is 4.45. The zero-order valence-electron chi connectivity index (χ0n) is 19.6. The maximum atomic E-state index is 11.3. The number of thiocarbonyl (C=S) groups is 1. The average molecular weight is 494 g/mol. The lowest BCUT2D eigenvalue weighted by Gasteiger charge is -2.15. The molecule has 0 atom stereocenters. The van der Waals surface area contributed by atoms with Crippen molar-refractivity contribution in [3.8, 4) is 11.8 Å². The third-order valence-corrected chi connectivity index (χ3v) is 6.33. The molecule has 8 heteroatoms. The van der Waals surface area contributed by atoms with Crippen LogP contribution in [0.5, 0.6) is 5.75 Å². The van der Waals surface area contributed by atoms with Crippen LogP contribution in [0.1, 0.15) is 83.6 Å². The van der Waals surface area contributed by atoms with Crippen LogP contribution in [0.4, 0.5) is 0 Å². The molecule has 6 nitrogen and oxygen atoms in total. The van der Waals surface area contributed by atoms with Gasteiger partial charge in [-0.1, -0.05) is 62.5 Å². The van der Waals surface area contributed by atoms with Crippen LogP contribution >= 0.6 is 24.0 Å². The van der Waals surface area contributed by atoms with Gasteiger partial charge in [0.25, 0.3) is 0 Å². The van der Waals surface area contributed by atoms with Gasteiger partial charge in [0.05, 0.1) is 36.3 Å². The van der Waals surface area contributed by atoms with E-state index in [-0.39, 0.29) is 12.8 Å². The number of esters is 1. The first kappa shape index (κ1) is 28.9. The van der Waals surface area contributed by atoms with Gasteiger partial charge in [0.1, 0.15) is 10.5 Å². The number of carbonyl (C=O) groups excluding carboxylic acids is 1.